The van der Waals surface area contributed by atoms with Gasteiger partial charge in [-0.1, -0.05) is 12.1 Å². The van der Waals surface area contributed by atoms with Crippen LogP contribution in [0.25, 0.3) is 10.9 Å². The SMILES string of the molecule is c1cnc2ccc(CCN3CCNCC3)cc2c1. The van der Waals surface area contributed by atoms with Gasteiger partial charge in [-0.25, -0.2) is 0 Å². The average molecular weight is 241 g/mol. The van der Waals surface area contributed by atoms with E-state index in [1.165, 1.54) is 24.0 Å². The van der Waals surface area contributed by atoms with Crippen molar-refractivity contribution in [1.29, 1.82) is 0 Å². The number of rotatable bonds is 3. The Hall–Kier alpha value is -1.45. The van der Waals surface area contributed by atoms with Crippen LogP contribution in [0.1, 0.15) is 5.56 Å². The van der Waals surface area contributed by atoms with E-state index < -0.39 is 0 Å². The van der Waals surface area contributed by atoms with Gasteiger partial charge in [0, 0.05) is 44.3 Å². The van der Waals surface area contributed by atoms with Crippen molar-refractivity contribution in [1.82, 2.24) is 15.2 Å². The smallest absolute Gasteiger partial charge is 0.0702 e. The second-order valence-corrected chi connectivity index (χ2v) is 4.87. The number of pyridine rings is 1. The lowest BCUT2D eigenvalue weighted by Gasteiger charge is -2.27. The standard InChI is InChI=1S/C15H19N3/c1-2-14-12-13(3-4-15(14)17-6-1)5-9-18-10-7-16-8-11-18/h1-4,6,12,16H,5,7-11H2. The van der Waals surface area contributed by atoms with Crippen LogP contribution in [0.5, 0.6) is 0 Å². The Kier molecular flexibility index (Phi) is 3.53. The quantitative estimate of drug-likeness (QED) is 0.886. The Morgan fingerprint density at radius 3 is 2.94 bits per heavy atom. The molecule has 0 saturated carbocycles. The Balaban J connectivity index is 1.66. The van der Waals surface area contributed by atoms with E-state index in [-0.39, 0.29) is 0 Å². The van der Waals surface area contributed by atoms with Crippen LogP contribution in [0, 0.1) is 0 Å². The number of hydrogen-bond donors (Lipinski definition) is 1. The Bertz CT molecular complexity index is 518. The topological polar surface area (TPSA) is 28.2 Å². The number of fused-ring (bicyclic) bond motifs is 1. The van der Waals surface area contributed by atoms with Crippen molar-refractivity contribution in [3.05, 3.63) is 42.1 Å². The molecule has 0 spiro atoms. The molecule has 1 saturated heterocycles. The third-order valence-electron chi connectivity index (χ3n) is 3.59. The zero-order valence-electron chi connectivity index (χ0n) is 10.6. The number of nitrogens with zero attached hydrogens (tertiary/aromatic N) is 2. The van der Waals surface area contributed by atoms with Crippen LogP contribution in [-0.2, 0) is 6.42 Å². The molecule has 3 heteroatoms. The van der Waals surface area contributed by atoms with Gasteiger partial charge in [0.15, 0.2) is 0 Å². The first-order valence-corrected chi connectivity index (χ1v) is 6.68. The van der Waals surface area contributed by atoms with Gasteiger partial charge in [0.1, 0.15) is 0 Å². The Labute approximate surface area is 108 Å². The molecule has 0 amide bonds. The number of benzene rings is 1. The minimum atomic E-state index is 1.09. The molecule has 3 rings (SSSR count). The fraction of sp³-hybridized carbons (Fsp3) is 0.400. The van der Waals surface area contributed by atoms with Crippen molar-refractivity contribution in [3.8, 4) is 0 Å². The second kappa shape index (κ2) is 5.46. The van der Waals surface area contributed by atoms with Gasteiger partial charge in [-0.15, -0.1) is 0 Å². The normalized spacial score (nSPS) is 17.1. The molecular weight excluding hydrogens is 222 g/mol. The maximum absolute atomic E-state index is 4.35. The molecule has 1 N–H and O–H groups in total. The lowest BCUT2D eigenvalue weighted by molar-refractivity contribution is 0.244. The highest BCUT2D eigenvalue weighted by Gasteiger charge is 2.08. The van der Waals surface area contributed by atoms with E-state index in [0.29, 0.717) is 0 Å². The van der Waals surface area contributed by atoms with Gasteiger partial charge in [-0.05, 0) is 30.2 Å². The molecule has 94 valence electrons. The summed E-state index contributed by atoms with van der Waals surface area (Å²) in [5.41, 5.74) is 2.50. The molecule has 1 aliphatic rings. The summed E-state index contributed by atoms with van der Waals surface area (Å²) in [5.74, 6) is 0. The van der Waals surface area contributed by atoms with Crippen molar-refractivity contribution >= 4 is 10.9 Å². The van der Waals surface area contributed by atoms with Crippen molar-refractivity contribution in [2.75, 3.05) is 32.7 Å². The van der Waals surface area contributed by atoms with Gasteiger partial charge in [-0.2, -0.15) is 0 Å². The molecule has 0 radical (unpaired) electrons. The highest BCUT2D eigenvalue weighted by atomic mass is 15.2. The summed E-state index contributed by atoms with van der Waals surface area (Å²) in [6.45, 7) is 5.76. The van der Waals surface area contributed by atoms with Crippen LogP contribution in [0.3, 0.4) is 0 Å². The number of nitrogens with one attached hydrogen (secondary N) is 1. The van der Waals surface area contributed by atoms with E-state index >= 15 is 0 Å². The maximum Gasteiger partial charge on any atom is 0.0702 e. The molecule has 1 aromatic heterocycles. The molecule has 0 bridgehead atoms. The van der Waals surface area contributed by atoms with Gasteiger partial charge in [0.2, 0.25) is 0 Å². The molecule has 2 heterocycles. The van der Waals surface area contributed by atoms with Gasteiger partial charge < -0.3 is 10.2 Å². The van der Waals surface area contributed by atoms with Crippen LogP contribution >= 0.6 is 0 Å². The first-order chi connectivity index (χ1) is 8.92. The summed E-state index contributed by atoms with van der Waals surface area (Å²) < 4.78 is 0. The van der Waals surface area contributed by atoms with Gasteiger partial charge in [0.05, 0.1) is 5.52 Å². The summed E-state index contributed by atoms with van der Waals surface area (Å²) in [5, 5.41) is 4.63. The van der Waals surface area contributed by atoms with Crippen molar-refractivity contribution in [2.24, 2.45) is 0 Å². The number of piperazine rings is 1. The third-order valence-corrected chi connectivity index (χ3v) is 3.59. The average Bonchev–Trinajstić information content (AvgIpc) is 2.46. The van der Waals surface area contributed by atoms with E-state index in [2.05, 4.69) is 39.5 Å². The maximum atomic E-state index is 4.35. The first-order valence-electron chi connectivity index (χ1n) is 6.68. The highest BCUT2D eigenvalue weighted by molar-refractivity contribution is 5.78. The summed E-state index contributed by atoms with van der Waals surface area (Å²) >= 11 is 0. The summed E-state index contributed by atoms with van der Waals surface area (Å²) in [7, 11) is 0. The summed E-state index contributed by atoms with van der Waals surface area (Å²) in [4.78, 5) is 6.89. The number of hydrogen-bond acceptors (Lipinski definition) is 3. The lowest BCUT2D eigenvalue weighted by Crippen LogP contribution is -2.44. The molecule has 0 unspecified atom stereocenters. The molecular formula is C15H19N3. The van der Waals surface area contributed by atoms with E-state index in [9.17, 15) is 0 Å². The fourth-order valence-corrected chi connectivity index (χ4v) is 2.50. The first kappa shape index (κ1) is 11.6. The fourth-order valence-electron chi connectivity index (χ4n) is 2.50. The van der Waals surface area contributed by atoms with Gasteiger partial charge >= 0.3 is 0 Å². The van der Waals surface area contributed by atoms with Crippen LogP contribution in [-0.4, -0.2) is 42.6 Å². The Morgan fingerprint density at radius 1 is 1.17 bits per heavy atom. The van der Waals surface area contributed by atoms with E-state index in [0.717, 1.165) is 31.6 Å². The van der Waals surface area contributed by atoms with Crippen LogP contribution in [0.15, 0.2) is 36.5 Å². The number of aromatic nitrogens is 1. The zero-order valence-corrected chi connectivity index (χ0v) is 10.6. The van der Waals surface area contributed by atoms with Crippen LogP contribution in [0.2, 0.25) is 0 Å². The van der Waals surface area contributed by atoms with Gasteiger partial charge in [0.25, 0.3) is 0 Å². The molecule has 18 heavy (non-hydrogen) atoms. The molecule has 0 atom stereocenters. The van der Waals surface area contributed by atoms with E-state index in [1.54, 1.807) is 0 Å². The molecule has 3 nitrogen and oxygen atoms in total. The van der Waals surface area contributed by atoms with E-state index in [1.807, 2.05) is 12.3 Å². The minimum absolute atomic E-state index is 1.09. The van der Waals surface area contributed by atoms with Crippen molar-refractivity contribution < 1.29 is 0 Å². The highest BCUT2D eigenvalue weighted by Crippen LogP contribution is 2.14. The van der Waals surface area contributed by atoms with E-state index in [4.69, 9.17) is 0 Å². The molecule has 1 aromatic carbocycles. The molecule has 2 aromatic rings. The summed E-state index contributed by atoms with van der Waals surface area (Å²) in [6, 6.07) is 10.7. The summed E-state index contributed by atoms with van der Waals surface area (Å²) in [6.07, 6.45) is 2.98. The predicted octanol–water partition coefficient (Wildman–Crippen LogP) is 1.68. The van der Waals surface area contributed by atoms with Gasteiger partial charge in [-0.3, -0.25) is 4.98 Å². The largest absolute Gasteiger partial charge is 0.314 e. The van der Waals surface area contributed by atoms with Crippen molar-refractivity contribution in [3.63, 3.8) is 0 Å². The molecule has 1 aliphatic heterocycles. The monoisotopic (exact) mass is 241 g/mol. The Morgan fingerprint density at radius 2 is 2.06 bits per heavy atom. The lowest BCUT2D eigenvalue weighted by atomic mass is 10.1. The van der Waals surface area contributed by atoms with Crippen molar-refractivity contribution in [2.45, 2.75) is 6.42 Å². The minimum Gasteiger partial charge on any atom is -0.314 e. The third kappa shape index (κ3) is 2.68. The predicted molar refractivity (Wildman–Crippen MR) is 74.8 cm³/mol. The van der Waals surface area contributed by atoms with Crippen LogP contribution < -0.4 is 5.32 Å². The second-order valence-electron chi connectivity index (χ2n) is 4.87. The van der Waals surface area contributed by atoms with Crippen LogP contribution in [0.4, 0.5) is 0 Å². The molecule has 1 fully saturated rings. The zero-order chi connectivity index (χ0) is 12.2. The molecule has 0 aliphatic carbocycles.